The summed E-state index contributed by atoms with van der Waals surface area (Å²) in [6.07, 6.45) is 0. The summed E-state index contributed by atoms with van der Waals surface area (Å²) in [4.78, 5) is 38.3. The summed E-state index contributed by atoms with van der Waals surface area (Å²) in [6.45, 7) is 5.25. The first-order valence-electron chi connectivity index (χ1n) is 8.89. The zero-order chi connectivity index (χ0) is 21.8. The Bertz CT molecular complexity index is 939. The average molecular weight is 436 g/mol. The lowest BCUT2D eigenvalue weighted by Crippen LogP contribution is -2.35. The molecule has 2 aromatic carbocycles. The van der Waals surface area contributed by atoms with Crippen molar-refractivity contribution in [1.82, 2.24) is 4.90 Å². The van der Waals surface area contributed by atoms with E-state index < -0.39 is 5.41 Å². The fourth-order valence-electron chi connectivity index (χ4n) is 2.33. The van der Waals surface area contributed by atoms with Crippen molar-refractivity contribution in [2.75, 3.05) is 24.2 Å². The van der Waals surface area contributed by atoms with Crippen molar-refractivity contribution < 1.29 is 14.4 Å². The van der Waals surface area contributed by atoms with Gasteiger partial charge < -0.3 is 15.5 Å². The monoisotopic (exact) mass is 435 g/mol. The van der Waals surface area contributed by atoms with Gasteiger partial charge in [-0.25, -0.2) is 0 Å². The quantitative estimate of drug-likeness (QED) is 0.714. The van der Waals surface area contributed by atoms with E-state index >= 15 is 0 Å². The van der Waals surface area contributed by atoms with Crippen LogP contribution in [0.15, 0.2) is 42.5 Å². The van der Waals surface area contributed by atoms with Crippen LogP contribution in [0.1, 0.15) is 31.1 Å². The summed E-state index contributed by atoms with van der Waals surface area (Å²) in [5.41, 5.74) is 0.808. The van der Waals surface area contributed by atoms with Crippen LogP contribution >= 0.6 is 23.2 Å². The second-order valence-electron chi connectivity index (χ2n) is 7.62. The fraction of sp³-hybridized carbons (Fsp3) is 0.286. The number of halogens is 2. The third kappa shape index (κ3) is 6.48. The van der Waals surface area contributed by atoms with Crippen molar-refractivity contribution in [3.63, 3.8) is 0 Å². The molecule has 0 radical (unpaired) electrons. The van der Waals surface area contributed by atoms with Crippen LogP contribution in [0.5, 0.6) is 0 Å². The first-order chi connectivity index (χ1) is 13.5. The lowest BCUT2D eigenvalue weighted by atomic mass is 9.95. The minimum absolute atomic E-state index is 0.155. The summed E-state index contributed by atoms with van der Waals surface area (Å²) >= 11 is 11.8. The fourth-order valence-corrected chi connectivity index (χ4v) is 2.63. The molecule has 0 saturated carbocycles. The molecule has 0 aliphatic rings. The Morgan fingerprint density at radius 2 is 1.59 bits per heavy atom. The van der Waals surface area contributed by atoms with E-state index in [1.54, 1.807) is 57.2 Å². The van der Waals surface area contributed by atoms with Crippen LogP contribution in [0, 0.1) is 5.41 Å². The molecule has 29 heavy (non-hydrogen) atoms. The molecule has 154 valence electrons. The lowest BCUT2D eigenvalue weighted by molar-refractivity contribution is -0.123. The second-order valence-corrected chi connectivity index (χ2v) is 8.44. The van der Waals surface area contributed by atoms with Crippen molar-refractivity contribution in [3.05, 3.63) is 58.1 Å². The van der Waals surface area contributed by atoms with Crippen LogP contribution < -0.4 is 10.6 Å². The Balaban J connectivity index is 2.02. The van der Waals surface area contributed by atoms with E-state index in [0.29, 0.717) is 27.0 Å². The second kappa shape index (κ2) is 9.29. The molecule has 2 N–H and O–H groups in total. The Kier molecular flexibility index (Phi) is 7.27. The summed E-state index contributed by atoms with van der Waals surface area (Å²) in [6, 6.07) is 11.3. The molecule has 0 aliphatic carbocycles. The summed E-state index contributed by atoms with van der Waals surface area (Å²) in [7, 11) is 1.52. The van der Waals surface area contributed by atoms with Gasteiger partial charge in [0.15, 0.2) is 0 Å². The Labute approximate surface area is 180 Å². The number of carbonyl (C=O) groups is 3. The highest BCUT2D eigenvalue weighted by Crippen LogP contribution is 2.25. The molecule has 0 unspecified atom stereocenters. The number of nitrogens with one attached hydrogen (secondary N) is 2. The molecule has 0 heterocycles. The zero-order valence-corrected chi connectivity index (χ0v) is 18.2. The summed E-state index contributed by atoms with van der Waals surface area (Å²) in [5, 5.41) is 6.16. The number of hydrogen-bond donors (Lipinski definition) is 2. The Morgan fingerprint density at radius 3 is 2.21 bits per heavy atom. The van der Waals surface area contributed by atoms with Gasteiger partial charge in [0.05, 0.1) is 16.6 Å². The van der Waals surface area contributed by atoms with Crippen molar-refractivity contribution >= 4 is 52.3 Å². The molecular formula is C21H23Cl2N3O3. The number of nitrogens with zero attached hydrogens (tertiary/aromatic N) is 1. The molecule has 8 heteroatoms. The highest BCUT2D eigenvalue weighted by atomic mass is 35.5. The van der Waals surface area contributed by atoms with E-state index in [0.717, 1.165) is 0 Å². The lowest BCUT2D eigenvalue weighted by Gasteiger charge is -2.19. The van der Waals surface area contributed by atoms with Crippen molar-refractivity contribution in [1.29, 1.82) is 0 Å². The average Bonchev–Trinajstić information content (AvgIpc) is 2.63. The predicted molar refractivity (Wildman–Crippen MR) is 117 cm³/mol. The number of hydrogen-bond acceptors (Lipinski definition) is 3. The maximum atomic E-state index is 12.7. The van der Waals surface area contributed by atoms with Gasteiger partial charge in [0.25, 0.3) is 5.91 Å². The number of amides is 3. The third-order valence-corrected chi connectivity index (χ3v) is 4.72. The van der Waals surface area contributed by atoms with E-state index in [4.69, 9.17) is 23.2 Å². The van der Waals surface area contributed by atoms with Crippen molar-refractivity contribution in [3.8, 4) is 0 Å². The molecule has 0 bridgehead atoms. The van der Waals surface area contributed by atoms with Gasteiger partial charge in [0.1, 0.15) is 0 Å². The summed E-state index contributed by atoms with van der Waals surface area (Å²) in [5.74, 6) is -0.881. The van der Waals surface area contributed by atoms with Gasteiger partial charge in [-0.15, -0.1) is 0 Å². The molecular weight excluding hydrogens is 413 g/mol. The molecule has 0 spiro atoms. The normalized spacial score (nSPS) is 11.0. The van der Waals surface area contributed by atoms with E-state index in [-0.39, 0.29) is 24.3 Å². The van der Waals surface area contributed by atoms with Crippen LogP contribution in [0.2, 0.25) is 10.0 Å². The van der Waals surface area contributed by atoms with Gasteiger partial charge in [-0.3, -0.25) is 14.4 Å². The third-order valence-electron chi connectivity index (χ3n) is 3.98. The smallest absolute Gasteiger partial charge is 0.254 e. The van der Waals surface area contributed by atoms with Crippen molar-refractivity contribution in [2.24, 2.45) is 5.41 Å². The molecule has 0 fully saturated rings. The van der Waals surface area contributed by atoms with Crippen molar-refractivity contribution in [2.45, 2.75) is 20.8 Å². The largest absolute Gasteiger partial charge is 0.332 e. The maximum absolute atomic E-state index is 12.7. The van der Waals surface area contributed by atoms with Gasteiger partial charge >= 0.3 is 0 Å². The van der Waals surface area contributed by atoms with E-state index in [1.165, 1.54) is 18.0 Å². The van der Waals surface area contributed by atoms with E-state index in [2.05, 4.69) is 10.6 Å². The Hall–Kier alpha value is -2.57. The molecule has 6 nitrogen and oxygen atoms in total. The minimum atomic E-state index is -0.556. The first-order valence-corrected chi connectivity index (χ1v) is 9.65. The van der Waals surface area contributed by atoms with Gasteiger partial charge in [0, 0.05) is 29.4 Å². The van der Waals surface area contributed by atoms with E-state index in [9.17, 15) is 14.4 Å². The van der Waals surface area contributed by atoms with Crippen LogP contribution in [-0.2, 0) is 9.59 Å². The number of benzene rings is 2. The molecule has 0 atom stereocenters. The topological polar surface area (TPSA) is 78.5 Å². The molecule has 0 aliphatic heterocycles. The Morgan fingerprint density at radius 1 is 0.931 bits per heavy atom. The number of likely N-dealkylation sites (N-methyl/N-ethyl adjacent to an activating group) is 1. The van der Waals surface area contributed by atoms with Crippen LogP contribution in [0.4, 0.5) is 11.4 Å². The van der Waals surface area contributed by atoms with Crippen LogP contribution in [0.25, 0.3) is 0 Å². The molecule has 2 rings (SSSR count). The number of anilines is 2. The number of rotatable bonds is 5. The van der Waals surface area contributed by atoms with Gasteiger partial charge in [-0.2, -0.15) is 0 Å². The maximum Gasteiger partial charge on any atom is 0.254 e. The van der Waals surface area contributed by atoms with Crippen LogP contribution in [-0.4, -0.2) is 36.2 Å². The standard InChI is InChI=1S/C21H23Cl2N3O3/c1-21(2,3)20(29)25-14-7-5-6-13(10-14)19(28)26(4)12-18(27)24-15-8-9-16(22)17(23)11-15/h5-11H,12H2,1-4H3,(H,24,27)(H,25,29). The molecule has 0 aromatic heterocycles. The minimum Gasteiger partial charge on any atom is -0.332 e. The van der Waals surface area contributed by atoms with Gasteiger partial charge in [-0.05, 0) is 36.4 Å². The highest BCUT2D eigenvalue weighted by Gasteiger charge is 2.22. The summed E-state index contributed by atoms with van der Waals surface area (Å²) < 4.78 is 0. The van der Waals surface area contributed by atoms with Crippen LogP contribution in [0.3, 0.4) is 0 Å². The van der Waals surface area contributed by atoms with Gasteiger partial charge in [0.2, 0.25) is 11.8 Å². The highest BCUT2D eigenvalue weighted by molar-refractivity contribution is 6.42. The molecule has 0 saturated heterocycles. The number of carbonyl (C=O) groups excluding carboxylic acids is 3. The molecule has 3 amide bonds. The zero-order valence-electron chi connectivity index (χ0n) is 16.7. The first kappa shape index (κ1) is 22.7. The predicted octanol–water partition coefficient (Wildman–Crippen LogP) is 4.69. The van der Waals surface area contributed by atoms with Gasteiger partial charge in [-0.1, -0.05) is 50.0 Å². The SMILES string of the molecule is CN(CC(=O)Nc1ccc(Cl)c(Cl)c1)C(=O)c1cccc(NC(=O)C(C)(C)C)c1. The van der Waals surface area contributed by atoms with E-state index in [1.807, 2.05) is 0 Å². The molecule has 2 aromatic rings.